The van der Waals surface area contributed by atoms with E-state index in [4.69, 9.17) is 0 Å². The topological polar surface area (TPSA) is 32.3 Å². The van der Waals surface area contributed by atoms with Gasteiger partial charge in [0.2, 0.25) is 0 Å². The lowest BCUT2D eigenvalue weighted by atomic mass is 9.81. The van der Waals surface area contributed by atoms with Gasteiger partial charge in [0.1, 0.15) is 0 Å². The molecule has 1 saturated carbocycles. The molecule has 0 amide bonds. The predicted octanol–water partition coefficient (Wildman–Crippen LogP) is 2.71. The van der Waals surface area contributed by atoms with Crippen molar-refractivity contribution in [2.24, 2.45) is 5.92 Å². The van der Waals surface area contributed by atoms with Gasteiger partial charge in [-0.1, -0.05) is 32.6 Å². The van der Waals surface area contributed by atoms with Gasteiger partial charge in [-0.15, -0.1) is 0 Å². The van der Waals surface area contributed by atoms with E-state index in [2.05, 4.69) is 19.2 Å². The summed E-state index contributed by atoms with van der Waals surface area (Å²) in [6.45, 7) is 7.01. The summed E-state index contributed by atoms with van der Waals surface area (Å²) in [5.74, 6) is 0.948. The van der Waals surface area contributed by atoms with E-state index in [0.29, 0.717) is 6.04 Å². The maximum Gasteiger partial charge on any atom is 0.0743 e. The van der Waals surface area contributed by atoms with E-state index >= 15 is 0 Å². The van der Waals surface area contributed by atoms with Gasteiger partial charge in [-0.05, 0) is 32.6 Å². The molecule has 0 radical (unpaired) electrons. The molecule has 15 heavy (non-hydrogen) atoms. The smallest absolute Gasteiger partial charge is 0.0743 e. The maximum absolute atomic E-state index is 10.0. The molecule has 2 heteroatoms. The Balaban J connectivity index is 2.11. The van der Waals surface area contributed by atoms with Crippen LogP contribution in [-0.4, -0.2) is 23.3 Å². The lowest BCUT2D eigenvalue weighted by molar-refractivity contribution is 0.0463. The van der Waals surface area contributed by atoms with Crippen molar-refractivity contribution in [1.29, 1.82) is 0 Å². The Bertz CT molecular complexity index is 175. The van der Waals surface area contributed by atoms with E-state index in [1.807, 2.05) is 6.92 Å². The molecule has 0 spiro atoms. The fraction of sp³-hybridized carbons (Fsp3) is 1.00. The number of nitrogens with one attached hydrogen (secondary N) is 1. The second-order valence-electron chi connectivity index (χ2n) is 5.56. The van der Waals surface area contributed by atoms with Crippen molar-refractivity contribution in [3.8, 4) is 0 Å². The first kappa shape index (κ1) is 13.0. The molecule has 0 aromatic heterocycles. The van der Waals surface area contributed by atoms with Gasteiger partial charge in [-0.2, -0.15) is 0 Å². The highest BCUT2D eigenvalue weighted by Crippen LogP contribution is 2.30. The Morgan fingerprint density at radius 2 is 2.13 bits per heavy atom. The van der Waals surface area contributed by atoms with Gasteiger partial charge in [0.15, 0.2) is 0 Å². The van der Waals surface area contributed by atoms with Crippen LogP contribution < -0.4 is 5.32 Å². The molecule has 2 N–H and O–H groups in total. The zero-order valence-electron chi connectivity index (χ0n) is 10.6. The lowest BCUT2D eigenvalue weighted by Crippen LogP contribution is -2.42. The second kappa shape index (κ2) is 5.86. The van der Waals surface area contributed by atoms with Crippen LogP contribution in [0.1, 0.15) is 59.3 Å². The number of hydrogen-bond donors (Lipinski definition) is 2. The molecule has 1 fully saturated rings. The third-order valence-corrected chi connectivity index (χ3v) is 3.53. The van der Waals surface area contributed by atoms with Crippen molar-refractivity contribution in [2.75, 3.05) is 6.54 Å². The summed E-state index contributed by atoms with van der Waals surface area (Å²) < 4.78 is 0. The van der Waals surface area contributed by atoms with Crippen molar-refractivity contribution in [3.05, 3.63) is 0 Å². The van der Waals surface area contributed by atoms with Crippen molar-refractivity contribution in [1.82, 2.24) is 5.32 Å². The Hall–Kier alpha value is -0.0800. The first-order valence-electron chi connectivity index (χ1n) is 6.49. The van der Waals surface area contributed by atoms with E-state index in [1.54, 1.807) is 0 Å². The third kappa shape index (κ3) is 4.98. The summed E-state index contributed by atoms with van der Waals surface area (Å²) in [5, 5.41) is 13.5. The van der Waals surface area contributed by atoms with Crippen LogP contribution in [0.5, 0.6) is 0 Å². The highest BCUT2D eigenvalue weighted by molar-refractivity contribution is 4.79. The third-order valence-electron chi connectivity index (χ3n) is 3.53. The molecule has 0 aliphatic heterocycles. The largest absolute Gasteiger partial charge is 0.389 e. The highest BCUT2D eigenvalue weighted by Gasteiger charge is 2.22. The molecule has 2 unspecified atom stereocenters. The van der Waals surface area contributed by atoms with Gasteiger partial charge >= 0.3 is 0 Å². The Morgan fingerprint density at radius 3 is 2.60 bits per heavy atom. The minimum absolute atomic E-state index is 0.525. The number of aliphatic hydroxyl groups is 1. The van der Waals surface area contributed by atoms with Gasteiger partial charge in [0, 0.05) is 12.6 Å². The van der Waals surface area contributed by atoms with Crippen LogP contribution in [0.3, 0.4) is 0 Å². The van der Waals surface area contributed by atoms with Crippen molar-refractivity contribution >= 4 is 0 Å². The molecule has 1 aliphatic carbocycles. The molecular weight excluding hydrogens is 186 g/mol. The molecule has 1 rings (SSSR count). The maximum atomic E-state index is 10.0. The van der Waals surface area contributed by atoms with Crippen LogP contribution in [-0.2, 0) is 0 Å². The standard InChI is InChI=1S/C13H27NO/c1-4-8-13(3,15)10-14-11(2)9-12-6-5-7-12/h11-12,14-15H,4-10H2,1-3H3. The minimum Gasteiger partial charge on any atom is -0.389 e. The van der Waals surface area contributed by atoms with Crippen LogP contribution in [0, 0.1) is 5.92 Å². The van der Waals surface area contributed by atoms with Crippen LogP contribution in [0.4, 0.5) is 0 Å². The molecule has 0 saturated heterocycles. The van der Waals surface area contributed by atoms with E-state index in [0.717, 1.165) is 25.3 Å². The fourth-order valence-electron chi connectivity index (χ4n) is 2.33. The zero-order valence-corrected chi connectivity index (χ0v) is 10.6. The van der Waals surface area contributed by atoms with E-state index < -0.39 is 5.60 Å². The van der Waals surface area contributed by atoms with Gasteiger partial charge in [0.05, 0.1) is 5.60 Å². The summed E-state index contributed by atoms with van der Waals surface area (Å²) in [6, 6.07) is 0.554. The van der Waals surface area contributed by atoms with Crippen LogP contribution in [0.2, 0.25) is 0 Å². The van der Waals surface area contributed by atoms with Crippen LogP contribution in [0.25, 0.3) is 0 Å². The van der Waals surface area contributed by atoms with Crippen molar-refractivity contribution in [3.63, 3.8) is 0 Å². The summed E-state index contributed by atoms with van der Waals surface area (Å²) in [5.41, 5.74) is -0.525. The van der Waals surface area contributed by atoms with Gasteiger partial charge in [-0.25, -0.2) is 0 Å². The second-order valence-corrected chi connectivity index (χ2v) is 5.56. The molecule has 90 valence electrons. The van der Waals surface area contributed by atoms with Crippen molar-refractivity contribution < 1.29 is 5.11 Å². The van der Waals surface area contributed by atoms with E-state index in [-0.39, 0.29) is 0 Å². The number of hydrogen-bond acceptors (Lipinski definition) is 2. The minimum atomic E-state index is -0.525. The zero-order chi connectivity index (χ0) is 11.3. The Morgan fingerprint density at radius 1 is 1.47 bits per heavy atom. The highest BCUT2D eigenvalue weighted by atomic mass is 16.3. The summed E-state index contributed by atoms with van der Waals surface area (Å²) >= 11 is 0. The average molecular weight is 213 g/mol. The molecule has 2 nitrogen and oxygen atoms in total. The molecule has 0 aromatic carbocycles. The van der Waals surface area contributed by atoms with Gasteiger partial charge in [-0.3, -0.25) is 0 Å². The molecule has 2 atom stereocenters. The van der Waals surface area contributed by atoms with E-state index in [9.17, 15) is 5.11 Å². The van der Waals surface area contributed by atoms with Gasteiger partial charge < -0.3 is 10.4 Å². The van der Waals surface area contributed by atoms with Crippen molar-refractivity contribution in [2.45, 2.75) is 70.9 Å². The van der Waals surface area contributed by atoms with E-state index in [1.165, 1.54) is 25.7 Å². The SMILES string of the molecule is CCCC(C)(O)CNC(C)CC1CCC1. The van der Waals surface area contributed by atoms with Crippen LogP contribution >= 0.6 is 0 Å². The Kier molecular flexibility index (Phi) is 5.07. The summed E-state index contributed by atoms with van der Waals surface area (Å²) in [6.07, 6.45) is 7.46. The molecular formula is C13H27NO. The average Bonchev–Trinajstić information content (AvgIpc) is 2.08. The fourth-order valence-corrected chi connectivity index (χ4v) is 2.33. The number of rotatable bonds is 7. The predicted molar refractivity (Wildman–Crippen MR) is 65.0 cm³/mol. The lowest BCUT2D eigenvalue weighted by Gasteiger charge is -2.30. The van der Waals surface area contributed by atoms with Crippen LogP contribution in [0.15, 0.2) is 0 Å². The summed E-state index contributed by atoms with van der Waals surface area (Å²) in [4.78, 5) is 0. The molecule has 0 heterocycles. The summed E-state index contributed by atoms with van der Waals surface area (Å²) in [7, 11) is 0. The monoisotopic (exact) mass is 213 g/mol. The quantitative estimate of drug-likeness (QED) is 0.681. The first-order valence-corrected chi connectivity index (χ1v) is 6.49. The molecule has 1 aliphatic rings. The molecule has 0 aromatic rings. The normalized spacial score (nSPS) is 23.2. The Labute approximate surface area is 94.5 Å². The first-order chi connectivity index (χ1) is 7.03. The van der Waals surface area contributed by atoms with Gasteiger partial charge in [0.25, 0.3) is 0 Å². The molecule has 0 bridgehead atoms.